The zero-order valence-corrected chi connectivity index (χ0v) is 8.76. The van der Waals surface area contributed by atoms with Crippen LogP contribution in [0.25, 0.3) is 0 Å². The number of benzene rings is 1. The maximum Gasteiger partial charge on any atom is 0.167 e. The van der Waals surface area contributed by atoms with Crippen molar-refractivity contribution in [2.75, 3.05) is 5.73 Å². The van der Waals surface area contributed by atoms with Gasteiger partial charge in [-0.05, 0) is 29.8 Å². The molecule has 0 aliphatic rings. The summed E-state index contributed by atoms with van der Waals surface area (Å²) in [6.45, 7) is 0. The Hall–Kier alpha value is -2.16. The largest absolute Gasteiger partial charge is 0.399 e. The molecular formula is C13H12N2O. The van der Waals surface area contributed by atoms with E-state index in [-0.39, 0.29) is 5.78 Å². The normalized spacial score (nSPS) is 10.0. The third kappa shape index (κ3) is 2.45. The van der Waals surface area contributed by atoms with Crippen LogP contribution in [0.3, 0.4) is 0 Å². The minimum Gasteiger partial charge on any atom is -0.399 e. The molecule has 0 radical (unpaired) electrons. The van der Waals surface area contributed by atoms with Gasteiger partial charge in [0.05, 0.1) is 0 Å². The lowest BCUT2D eigenvalue weighted by molar-refractivity contribution is 0.0993. The molecule has 1 aromatic heterocycles. The van der Waals surface area contributed by atoms with E-state index in [9.17, 15) is 4.79 Å². The summed E-state index contributed by atoms with van der Waals surface area (Å²) in [5, 5.41) is 0. The number of nitrogens with zero attached hydrogens (tertiary/aromatic N) is 1. The van der Waals surface area contributed by atoms with Crippen LogP contribution in [0.4, 0.5) is 5.69 Å². The average Bonchev–Trinajstić information content (AvgIpc) is 2.33. The van der Waals surface area contributed by atoms with Crippen LogP contribution in [0.1, 0.15) is 15.9 Å². The highest BCUT2D eigenvalue weighted by Crippen LogP contribution is 2.09. The second-order valence-electron chi connectivity index (χ2n) is 3.58. The summed E-state index contributed by atoms with van der Waals surface area (Å²) in [6, 6.07) is 10.8. The van der Waals surface area contributed by atoms with Crippen molar-refractivity contribution in [3.8, 4) is 0 Å². The van der Waals surface area contributed by atoms with Gasteiger partial charge >= 0.3 is 0 Å². The first-order chi connectivity index (χ1) is 7.75. The van der Waals surface area contributed by atoms with Crippen molar-refractivity contribution in [3.05, 3.63) is 59.9 Å². The highest BCUT2D eigenvalue weighted by molar-refractivity contribution is 5.97. The van der Waals surface area contributed by atoms with Gasteiger partial charge in [0.25, 0.3) is 0 Å². The molecule has 2 rings (SSSR count). The summed E-state index contributed by atoms with van der Waals surface area (Å²) >= 11 is 0. The van der Waals surface area contributed by atoms with Crippen molar-refractivity contribution in [3.63, 3.8) is 0 Å². The molecule has 3 heteroatoms. The molecule has 0 amide bonds. The molecular weight excluding hydrogens is 200 g/mol. The summed E-state index contributed by atoms with van der Waals surface area (Å²) in [6.07, 6.45) is 3.64. The van der Waals surface area contributed by atoms with Gasteiger partial charge in [0.1, 0.15) is 0 Å². The Labute approximate surface area is 93.9 Å². The molecule has 0 saturated heterocycles. The summed E-state index contributed by atoms with van der Waals surface area (Å²) in [7, 11) is 0. The topological polar surface area (TPSA) is 56.0 Å². The third-order valence-corrected chi connectivity index (χ3v) is 2.35. The fraction of sp³-hybridized carbons (Fsp3) is 0.0769. The number of carbonyl (C=O) groups excluding carboxylic acids is 1. The molecule has 0 aliphatic heterocycles. The van der Waals surface area contributed by atoms with E-state index in [1.807, 2.05) is 12.1 Å². The number of nitrogen functional groups attached to an aromatic ring is 1. The number of anilines is 1. The molecule has 2 N–H and O–H groups in total. The Bertz CT molecular complexity index is 477. The Kier molecular flexibility index (Phi) is 2.96. The smallest absolute Gasteiger partial charge is 0.167 e. The van der Waals surface area contributed by atoms with E-state index < -0.39 is 0 Å². The van der Waals surface area contributed by atoms with E-state index in [1.54, 1.807) is 36.7 Å². The minimum atomic E-state index is 0.0900. The molecule has 16 heavy (non-hydrogen) atoms. The van der Waals surface area contributed by atoms with Crippen molar-refractivity contribution in [2.45, 2.75) is 6.42 Å². The summed E-state index contributed by atoms with van der Waals surface area (Å²) in [5.74, 6) is 0.0900. The highest BCUT2D eigenvalue weighted by atomic mass is 16.1. The first-order valence-electron chi connectivity index (χ1n) is 5.03. The van der Waals surface area contributed by atoms with Crippen LogP contribution >= 0.6 is 0 Å². The number of nitrogens with two attached hydrogens (primary N) is 1. The second kappa shape index (κ2) is 4.57. The van der Waals surface area contributed by atoms with Gasteiger partial charge in [-0.25, -0.2) is 0 Å². The predicted molar refractivity (Wildman–Crippen MR) is 63.1 cm³/mol. The van der Waals surface area contributed by atoms with Gasteiger partial charge in [-0.3, -0.25) is 9.78 Å². The van der Waals surface area contributed by atoms with Crippen LogP contribution in [-0.4, -0.2) is 10.8 Å². The second-order valence-corrected chi connectivity index (χ2v) is 3.58. The van der Waals surface area contributed by atoms with Gasteiger partial charge in [0.15, 0.2) is 5.78 Å². The Morgan fingerprint density at radius 1 is 1.06 bits per heavy atom. The molecule has 0 unspecified atom stereocenters. The van der Waals surface area contributed by atoms with Gasteiger partial charge in [-0.1, -0.05) is 12.1 Å². The number of ketones is 1. The molecule has 1 heterocycles. The first kappa shape index (κ1) is 10.4. The fourth-order valence-corrected chi connectivity index (χ4v) is 1.46. The highest BCUT2D eigenvalue weighted by Gasteiger charge is 2.05. The maximum absolute atomic E-state index is 11.8. The van der Waals surface area contributed by atoms with Crippen LogP contribution in [0, 0.1) is 0 Å². The Morgan fingerprint density at radius 2 is 1.69 bits per heavy atom. The monoisotopic (exact) mass is 212 g/mol. The number of pyridine rings is 1. The molecule has 0 fully saturated rings. The van der Waals surface area contributed by atoms with Crippen LogP contribution in [0.15, 0.2) is 48.8 Å². The lowest BCUT2D eigenvalue weighted by Crippen LogP contribution is -2.03. The number of hydrogen-bond donors (Lipinski definition) is 1. The molecule has 1 aromatic carbocycles. The van der Waals surface area contributed by atoms with Gasteiger partial charge in [0.2, 0.25) is 0 Å². The van der Waals surface area contributed by atoms with Gasteiger partial charge in [-0.2, -0.15) is 0 Å². The lowest BCUT2D eigenvalue weighted by Gasteiger charge is -2.01. The van der Waals surface area contributed by atoms with Crippen molar-refractivity contribution >= 4 is 11.5 Å². The summed E-state index contributed by atoms with van der Waals surface area (Å²) in [4.78, 5) is 15.7. The molecule has 0 atom stereocenters. The number of Topliss-reactive ketones (excluding diaryl/α,β-unsaturated/α-hetero) is 1. The van der Waals surface area contributed by atoms with Crippen molar-refractivity contribution in [1.82, 2.24) is 4.98 Å². The first-order valence-corrected chi connectivity index (χ1v) is 5.03. The van der Waals surface area contributed by atoms with Crippen LogP contribution in [0.2, 0.25) is 0 Å². The zero-order chi connectivity index (χ0) is 11.4. The van der Waals surface area contributed by atoms with Gasteiger partial charge < -0.3 is 5.73 Å². The molecule has 0 aliphatic carbocycles. The Morgan fingerprint density at radius 3 is 2.31 bits per heavy atom. The number of carbonyl (C=O) groups is 1. The van der Waals surface area contributed by atoms with Gasteiger partial charge in [-0.15, -0.1) is 0 Å². The van der Waals surface area contributed by atoms with Crippen molar-refractivity contribution < 1.29 is 4.79 Å². The van der Waals surface area contributed by atoms with E-state index in [0.717, 1.165) is 5.56 Å². The van der Waals surface area contributed by atoms with E-state index in [1.165, 1.54) is 0 Å². The number of aromatic nitrogens is 1. The average molecular weight is 212 g/mol. The molecule has 3 nitrogen and oxygen atoms in total. The zero-order valence-electron chi connectivity index (χ0n) is 8.76. The maximum atomic E-state index is 11.8. The lowest BCUT2D eigenvalue weighted by atomic mass is 10.0. The van der Waals surface area contributed by atoms with Gasteiger partial charge in [0, 0.05) is 30.1 Å². The van der Waals surface area contributed by atoms with Crippen LogP contribution < -0.4 is 5.73 Å². The summed E-state index contributed by atoms with van der Waals surface area (Å²) in [5.41, 5.74) is 7.94. The standard InChI is InChI=1S/C13H12N2O/c14-12-3-1-10(2-4-12)9-13(16)11-5-7-15-8-6-11/h1-8H,9,14H2. The van der Waals surface area contributed by atoms with Crippen molar-refractivity contribution in [2.24, 2.45) is 0 Å². The third-order valence-electron chi connectivity index (χ3n) is 2.35. The van der Waals surface area contributed by atoms with Crippen LogP contribution in [-0.2, 0) is 6.42 Å². The van der Waals surface area contributed by atoms with E-state index in [4.69, 9.17) is 5.73 Å². The van der Waals surface area contributed by atoms with E-state index in [0.29, 0.717) is 17.7 Å². The number of rotatable bonds is 3. The van der Waals surface area contributed by atoms with Crippen LogP contribution in [0.5, 0.6) is 0 Å². The SMILES string of the molecule is Nc1ccc(CC(=O)c2ccncc2)cc1. The fourth-order valence-electron chi connectivity index (χ4n) is 1.46. The predicted octanol–water partition coefficient (Wildman–Crippen LogP) is 2.09. The molecule has 0 saturated carbocycles. The quantitative estimate of drug-likeness (QED) is 0.626. The minimum absolute atomic E-state index is 0.0900. The molecule has 0 spiro atoms. The summed E-state index contributed by atoms with van der Waals surface area (Å²) < 4.78 is 0. The van der Waals surface area contributed by atoms with E-state index in [2.05, 4.69) is 4.98 Å². The van der Waals surface area contributed by atoms with Crippen molar-refractivity contribution in [1.29, 1.82) is 0 Å². The molecule has 0 bridgehead atoms. The van der Waals surface area contributed by atoms with E-state index >= 15 is 0 Å². The Balaban J connectivity index is 2.11. The molecule has 2 aromatic rings. The number of hydrogen-bond acceptors (Lipinski definition) is 3. The molecule has 80 valence electrons.